The Kier molecular flexibility index (Phi) is 8.93. The van der Waals surface area contributed by atoms with Gasteiger partial charge in [-0.25, -0.2) is 0 Å². The van der Waals surface area contributed by atoms with Crippen LogP contribution < -0.4 is 5.32 Å². The monoisotopic (exact) mass is 615 g/mol. The Balaban J connectivity index is 1.07. The molecule has 0 bridgehead atoms. The molecule has 3 aliphatic heterocycles. The minimum atomic E-state index is -0.590. The quantitative estimate of drug-likeness (QED) is 0.198. The van der Waals surface area contributed by atoms with Crippen LogP contribution in [0.5, 0.6) is 0 Å². The van der Waals surface area contributed by atoms with E-state index in [2.05, 4.69) is 5.32 Å². The van der Waals surface area contributed by atoms with Gasteiger partial charge in [-0.2, -0.15) is 0 Å². The maximum Gasteiger partial charge on any atom is 0.277 e. The molecule has 0 aliphatic carbocycles. The second-order valence-electron chi connectivity index (χ2n) is 10.6. The molecule has 0 radical (unpaired) electrons. The van der Waals surface area contributed by atoms with Crippen LogP contribution in [0.3, 0.4) is 0 Å². The molecule has 3 aromatic carbocycles. The largest absolute Gasteiger partial charge is 0.455 e. The number of rotatable bonds is 9. The number of carbonyl (C=O) groups is 1. The number of carbonyl (C=O) groups excluding carboxylic acids is 1. The van der Waals surface area contributed by atoms with E-state index in [-0.39, 0.29) is 24.6 Å². The van der Waals surface area contributed by atoms with Crippen molar-refractivity contribution >= 4 is 34.8 Å². The fourth-order valence-corrected chi connectivity index (χ4v) is 5.71. The van der Waals surface area contributed by atoms with Gasteiger partial charge in [-0.05, 0) is 68.3 Å². The fraction of sp³-hybridized carbons (Fsp3) is 0.286. The molecule has 3 aromatic rings. The summed E-state index contributed by atoms with van der Waals surface area (Å²) < 4.78 is 35.7. The maximum atomic E-state index is 13.1. The average molecular weight is 616 g/mol. The second-order valence-corrected chi connectivity index (χ2v) is 11.0. The Hall–Kier alpha value is -4.24. The van der Waals surface area contributed by atoms with E-state index in [9.17, 15) is 4.79 Å². The van der Waals surface area contributed by atoms with Crippen LogP contribution in [-0.4, -0.2) is 49.7 Å². The summed E-state index contributed by atoms with van der Waals surface area (Å²) in [7, 11) is 0. The number of anilines is 2. The lowest BCUT2D eigenvalue weighted by molar-refractivity contribution is -0.227. The summed E-state index contributed by atoms with van der Waals surface area (Å²) in [5, 5.41) is 3.80. The highest BCUT2D eigenvalue weighted by molar-refractivity contribution is 6.35. The summed E-state index contributed by atoms with van der Waals surface area (Å²) in [5.41, 5.74) is 4.64. The lowest BCUT2D eigenvalue weighted by Gasteiger charge is -2.35. The Labute approximate surface area is 261 Å². The molecule has 5 atom stereocenters. The minimum Gasteiger partial charge on any atom is -0.455 e. The van der Waals surface area contributed by atoms with Crippen LogP contribution in [0.2, 0.25) is 5.02 Å². The topological polar surface area (TPSA) is 84.5 Å². The first-order valence-electron chi connectivity index (χ1n) is 14.6. The van der Waals surface area contributed by atoms with Crippen LogP contribution in [0.15, 0.2) is 96.8 Å². The summed E-state index contributed by atoms with van der Waals surface area (Å²) in [6, 6.07) is 20.8. The van der Waals surface area contributed by atoms with Crippen molar-refractivity contribution in [1.29, 1.82) is 0 Å². The molecule has 1 N–H and O–H groups in total. The average Bonchev–Trinajstić information content (AvgIpc) is 3.66. The third-order valence-corrected chi connectivity index (χ3v) is 8.00. The second kappa shape index (κ2) is 13.2. The number of hydrogen-bond acceptors (Lipinski definition) is 8. The number of para-hydroxylation sites is 1. The molecule has 0 aromatic heterocycles. The number of hydrogen-bond donors (Lipinski definition) is 1. The molecule has 6 rings (SSSR count). The molecule has 9 heteroatoms. The molecule has 0 amide bonds. The summed E-state index contributed by atoms with van der Waals surface area (Å²) in [6.07, 6.45) is 5.32. The van der Waals surface area contributed by atoms with Gasteiger partial charge in [0.25, 0.3) is 11.9 Å². The predicted molar refractivity (Wildman–Crippen MR) is 168 cm³/mol. The van der Waals surface area contributed by atoms with Crippen LogP contribution >= 0.6 is 11.6 Å². The normalized spacial score (nSPS) is 25.6. The Morgan fingerprint density at radius 2 is 1.61 bits per heavy atom. The van der Waals surface area contributed by atoms with Crippen LogP contribution in [0.1, 0.15) is 40.9 Å². The molecule has 3 aliphatic rings. The Bertz CT molecular complexity index is 1620. The van der Waals surface area contributed by atoms with Crippen molar-refractivity contribution in [3.8, 4) is 0 Å². The first-order chi connectivity index (χ1) is 21.4. The zero-order valence-electron chi connectivity index (χ0n) is 24.7. The molecule has 0 saturated carbocycles. The van der Waals surface area contributed by atoms with Gasteiger partial charge in [-0.3, -0.25) is 4.79 Å². The molecule has 5 unspecified atom stereocenters. The number of allylic oxidation sites excluding steroid dienone is 2. The van der Waals surface area contributed by atoms with Crippen molar-refractivity contribution in [2.24, 2.45) is 0 Å². The number of fused-ring (bicyclic) bond motifs is 3. The SMILES string of the molecule is C/C=C1/OC2OC(COC/C=C/c3ccccc3Nc3ccc(C(=O)c4ccccc4C)c(Cl)c3)C3O/C(=C\C)OC3C2O1. The van der Waals surface area contributed by atoms with Crippen molar-refractivity contribution in [3.63, 3.8) is 0 Å². The van der Waals surface area contributed by atoms with E-state index in [0.717, 1.165) is 22.5 Å². The molecule has 8 nitrogen and oxygen atoms in total. The first kappa shape index (κ1) is 29.8. The molecule has 228 valence electrons. The van der Waals surface area contributed by atoms with Gasteiger partial charge in [0.15, 0.2) is 18.0 Å². The van der Waals surface area contributed by atoms with E-state index in [4.69, 9.17) is 40.0 Å². The van der Waals surface area contributed by atoms with Crippen LogP contribution in [0.4, 0.5) is 11.4 Å². The number of ether oxygens (including phenoxy) is 6. The summed E-state index contributed by atoms with van der Waals surface area (Å²) >= 11 is 6.57. The van der Waals surface area contributed by atoms with Crippen LogP contribution in [0, 0.1) is 6.92 Å². The van der Waals surface area contributed by atoms with Gasteiger partial charge >= 0.3 is 0 Å². The molecule has 44 heavy (non-hydrogen) atoms. The minimum absolute atomic E-state index is 0.0992. The third kappa shape index (κ3) is 6.19. The Morgan fingerprint density at radius 1 is 0.886 bits per heavy atom. The zero-order chi connectivity index (χ0) is 30.6. The fourth-order valence-electron chi connectivity index (χ4n) is 5.44. The maximum absolute atomic E-state index is 13.1. The zero-order valence-corrected chi connectivity index (χ0v) is 25.5. The number of benzene rings is 3. The molecule has 3 heterocycles. The van der Waals surface area contributed by atoms with Gasteiger partial charge in [0, 0.05) is 22.5 Å². The van der Waals surface area contributed by atoms with E-state index >= 15 is 0 Å². The lowest BCUT2D eigenvalue weighted by atomic mass is 9.99. The summed E-state index contributed by atoms with van der Waals surface area (Å²) in [4.78, 5) is 13.1. The highest BCUT2D eigenvalue weighted by Gasteiger charge is 2.58. The van der Waals surface area contributed by atoms with Crippen molar-refractivity contribution < 1.29 is 33.2 Å². The molecular formula is C35H34ClNO7. The summed E-state index contributed by atoms with van der Waals surface area (Å²) in [5.74, 6) is 0.768. The van der Waals surface area contributed by atoms with E-state index < -0.39 is 18.5 Å². The third-order valence-electron chi connectivity index (χ3n) is 7.69. The van der Waals surface area contributed by atoms with E-state index in [1.54, 1.807) is 24.3 Å². The number of nitrogens with one attached hydrogen (secondary N) is 1. The smallest absolute Gasteiger partial charge is 0.277 e. The predicted octanol–water partition coefficient (Wildman–Crippen LogP) is 7.30. The van der Waals surface area contributed by atoms with E-state index in [0.29, 0.717) is 34.6 Å². The molecule has 0 spiro atoms. The van der Waals surface area contributed by atoms with E-state index in [1.165, 1.54) is 0 Å². The van der Waals surface area contributed by atoms with Crippen molar-refractivity contribution in [1.82, 2.24) is 0 Å². The van der Waals surface area contributed by atoms with Crippen molar-refractivity contribution in [3.05, 3.63) is 124 Å². The Morgan fingerprint density at radius 3 is 2.41 bits per heavy atom. The highest BCUT2D eigenvalue weighted by atomic mass is 35.5. The van der Waals surface area contributed by atoms with E-state index in [1.807, 2.05) is 87.5 Å². The van der Waals surface area contributed by atoms with Gasteiger partial charge in [-0.1, -0.05) is 66.2 Å². The summed E-state index contributed by atoms with van der Waals surface area (Å²) in [6.45, 7) is 6.26. The van der Waals surface area contributed by atoms with Gasteiger partial charge in [0.05, 0.1) is 18.2 Å². The molecular weight excluding hydrogens is 582 g/mol. The van der Waals surface area contributed by atoms with Crippen molar-refractivity contribution in [2.45, 2.75) is 51.5 Å². The van der Waals surface area contributed by atoms with Gasteiger partial charge in [0.1, 0.15) is 6.10 Å². The number of halogens is 1. The van der Waals surface area contributed by atoms with Gasteiger partial charge < -0.3 is 33.7 Å². The van der Waals surface area contributed by atoms with Crippen LogP contribution in [0.25, 0.3) is 6.08 Å². The van der Waals surface area contributed by atoms with Crippen LogP contribution in [-0.2, 0) is 28.4 Å². The molecule has 3 fully saturated rings. The van der Waals surface area contributed by atoms with Crippen molar-refractivity contribution in [2.75, 3.05) is 18.5 Å². The standard InChI is InChI=1S/C35H34ClNO7/c1-4-29-41-32-28(40-35-34(33(32)42-29)43-30(5-2)44-35)20-39-18-10-13-22-12-7-9-15-27(22)37-23-16-17-25(26(36)19-23)31(38)24-14-8-6-11-21(24)3/h4-17,19,28,32-35,37H,18,20H2,1-3H3/b13-10+,29-4+,30-5+. The lowest BCUT2D eigenvalue weighted by Crippen LogP contribution is -2.56. The number of ketones is 1. The number of aryl methyl sites for hydroxylation is 1. The molecule has 3 saturated heterocycles. The van der Waals surface area contributed by atoms with Gasteiger partial charge in [0.2, 0.25) is 12.4 Å². The first-order valence-corrected chi connectivity index (χ1v) is 15.0. The van der Waals surface area contributed by atoms with Gasteiger partial charge in [-0.15, -0.1) is 0 Å². The highest BCUT2D eigenvalue weighted by Crippen LogP contribution is 2.40.